The third-order valence-corrected chi connectivity index (χ3v) is 5.88. The van der Waals surface area contributed by atoms with Crippen LogP contribution >= 0.6 is 0 Å². The molecule has 1 aromatic rings. The Morgan fingerprint density at radius 2 is 1.74 bits per heavy atom. The molecule has 2 N–H and O–H groups in total. The summed E-state index contributed by atoms with van der Waals surface area (Å²) in [5.41, 5.74) is 2.93. The van der Waals surface area contributed by atoms with Crippen LogP contribution in [0.4, 0.5) is 5.69 Å². The van der Waals surface area contributed by atoms with Gasteiger partial charge in [0.15, 0.2) is 0 Å². The number of aliphatic carboxylic acids is 1. The Kier molecular flexibility index (Phi) is 3.12. The zero-order valence-corrected chi connectivity index (χ0v) is 13.3. The molecule has 1 amide bonds. The van der Waals surface area contributed by atoms with E-state index in [1.807, 2.05) is 38.1 Å². The van der Waals surface area contributed by atoms with Crippen LogP contribution in [0.15, 0.2) is 30.4 Å². The van der Waals surface area contributed by atoms with Crippen LogP contribution in [-0.2, 0) is 9.59 Å². The van der Waals surface area contributed by atoms with Gasteiger partial charge in [0.2, 0.25) is 5.91 Å². The van der Waals surface area contributed by atoms with Gasteiger partial charge in [0.1, 0.15) is 0 Å². The van der Waals surface area contributed by atoms with Gasteiger partial charge in [-0.2, -0.15) is 0 Å². The highest BCUT2D eigenvalue weighted by Gasteiger charge is 2.62. The number of amides is 1. The number of anilines is 1. The second-order valence-corrected chi connectivity index (χ2v) is 7.30. The Hall–Kier alpha value is -2.10. The molecule has 2 bridgehead atoms. The van der Waals surface area contributed by atoms with Crippen molar-refractivity contribution in [2.75, 3.05) is 5.32 Å². The minimum absolute atomic E-state index is 0.0253. The first-order valence-electron chi connectivity index (χ1n) is 8.26. The summed E-state index contributed by atoms with van der Waals surface area (Å²) >= 11 is 0. The molecule has 2 saturated carbocycles. The van der Waals surface area contributed by atoms with Gasteiger partial charge < -0.3 is 10.4 Å². The van der Waals surface area contributed by atoms with Gasteiger partial charge in [0.05, 0.1) is 11.8 Å². The average molecular weight is 311 g/mol. The van der Waals surface area contributed by atoms with E-state index in [1.165, 1.54) is 0 Å². The van der Waals surface area contributed by atoms with Crippen LogP contribution in [0.2, 0.25) is 0 Å². The summed E-state index contributed by atoms with van der Waals surface area (Å²) in [6.07, 6.45) is 5.20. The number of nitrogens with one attached hydrogen (secondary N) is 1. The number of hydrogen-bond acceptors (Lipinski definition) is 2. The van der Waals surface area contributed by atoms with Gasteiger partial charge in [0, 0.05) is 5.69 Å². The van der Waals surface area contributed by atoms with Gasteiger partial charge in [-0.1, -0.05) is 29.8 Å². The van der Waals surface area contributed by atoms with Crippen molar-refractivity contribution in [2.45, 2.75) is 20.3 Å². The van der Waals surface area contributed by atoms with Crippen molar-refractivity contribution in [3.05, 3.63) is 41.5 Å². The molecule has 0 radical (unpaired) electrons. The van der Waals surface area contributed by atoms with Crippen molar-refractivity contribution in [3.63, 3.8) is 0 Å². The van der Waals surface area contributed by atoms with Crippen molar-refractivity contribution in [2.24, 2.45) is 35.5 Å². The lowest BCUT2D eigenvalue weighted by Crippen LogP contribution is -2.48. The summed E-state index contributed by atoms with van der Waals surface area (Å²) in [4.78, 5) is 24.6. The summed E-state index contributed by atoms with van der Waals surface area (Å²) in [6, 6.07) is 5.88. The summed E-state index contributed by atoms with van der Waals surface area (Å²) < 4.78 is 0. The quantitative estimate of drug-likeness (QED) is 0.843. The van der Waals surface area contributed by atoms with E-state index in [4.69, 9.17) is 0 Å². The second kappa shape index (κ2) is 4.95. The number of rotatable bonds is 3. The van der Waals surface area contributed by atoms with Crippen molar-refractivity contribution in [3.8, 4) is 0 Å². The standard InChI is InChI=1S/C19H21NO3/c1-9-3-6-15(10(2)7-9)20-18(21)16-11-4-5-12(14-8-13(11)14)17(16)19(22)23/h3-7,11-14,16-17H,8H2,1-2H3,(H,20,21)(H,22,23)/t11-,12-,13+,14-,16+,17-/m0/s1. The number of hydrogen-bond donors (Lipinski definition) is 2. The molecule has 0 heterocycles. The molecule has 0 saturated heterocycles. The van der Waals surface area contributed by atoms with Crippen LogP contribution in [0, 0.1) is 49.4 Å². The van der Waals surface area contributed by atoms with Crippen LogP contribution < -0.4 is 5.32 Å². The minimum Gasteiger partial charge on any atom is -0.481 e. The lowest BCUT2D eigenvalue weighted by Gasteiger charge is -2.41. The number of aryl methyl sites for hydroxylation is 2. The molecule has 4 aliphatic rings. The Bertz CT molecular complexity index is 723. The van der Waals surface area contributed by atoms with E-state index in [0.29, 0.717) is 11.8 Å². The Morgan fingerprint density at radius 1 is 1.09 bits per heavy atom. The number of allylic oxidation sites excluding steroid dienone is 2. The van der Waals surface area contributed by atoms with E-state index in [1.54, 1.807) is 0 Å². The summed E-state index contributed by atoms with van der Waals surface area (Å²) in [5, 5.41) is 12.6. The van der Waals surface area contributed by atoms with Gasteiger partial charge in [0.25, 0.3) is 0 Å². The van der Waals surface area contributed by atoms with Crippen LogP contribution in [-0.4, -0.2) is 17.0 Å². The first-order chi connectivity index (χ1) is 11.0. The molecule has 4 nitrogen and oxygen atoms in total. The van der Waals surface area contributed by atoms with E-state index in [9.17, 15) is 14.7 Å². The fraction of sp³-hybridized carbons (Fsp3) is 0.474. The van der Waals surface area contributed by atoms with Gasteiger partial charge in [-0.05, 0) is 55.6 Å². The zero-order valence-electron chi connectivity index (χ0n) is 13.3. The number of carboxylic acid groups (broad SMARTS) is 1. The maximum Gasteiger partial charge on any atom is 0.307 e. The van der Waals surface area contributed by atoms with E-state index >= 15 is 0 Å². The van der Waals surface area contributed by atoms with Gasteiger partial charge in [-0.25, -0.2) is 0 Å². The molecule has 2 fully saturated rings. The van der Waals surface area contributed by atoms with Crippen LogP contribution in [0.25, 0.3) is 0 Å². The number of carbonyl (C=O) groups is 2. The molecule has 0 aliphatic heterocycles. The van der Waals surface area contributed by atoms with E-state index < -0.39 is 17.8 Å². The fourth-order valence-corrected chi connectivity index (χ4v) is 4.74. The minimum atomic E-state index is -0.838. The topological polar surface area (TPSA) is 66.4 Å². The molecule has 0 unspecified atom stereocenters. The maximum absolute atomic E-state index is 12.9. The number of carbonyl (C=O) groups excluding carboxylic acids is 1. The third-order valence-electron chi connectivity index (χ3n) is 5.88. The number of benzene rings is 1. The van der Waals surface area contributed by atoms with Crippen LogP contribution in [0.3, 0.4) is 0 Å². The molecule has 0 aromatic heterocycles. The zero-order chi connectivity index (χ0) is 16.3. The summed E-state index contributed by atoms with van der Waals surface area (Å²) in [7, 11) is 0. The molecule has 6 atom stereocenters. The van der Waals surface area contributed by atoms with Crippen LogP contribution in [0.1, 0.15) is 17.5 Å². The predicted molar refractivity (Wildman–Crippen MR) is 86.9 cm³/mol. The Balaban J connectivity index is 1.62. The lowest BCUT2D eigenvalue weighted by atomic mass is 9.62. The summed E-state index contributed by atoms with van der Waals surface area (Å²) in [5.74, 6) is -0.920. The van der Waals surface area contributed by atoms with Gasteiger partial charge in [-0.15, -0.1) is 0 Å². The molecule has 1 aromatic carbocycles. The lowest BCUT2D eigenvalue weighted by molar-refractivity contribution is -0.152. The molecule has 0 spiro atoms. The van der Waals surface area contributed by atoms with Crippen molar-refractivity contribution < 1.29 is 14.7 Å². The molecule has 4 heteroatoms. The van der Waals surface area contributed by atoms with Crippen LogP contribution in [0.5, 0.6) is 0 Å². The highest BCUT2D eigenvalue weighted by Crippen LogP contribution is 2.63. The van der Waals surface area contributed by atoms with Crippen molar-refractivity contribution in [1.29, 1.82) is 0 Å². The molecule has 5 rings (SSSR count). The predicted octanol–water partition coefficient (Wildman–Crippen LogP) is 3.01. The molecule has 23 heavy (non-hydrogen) atoms. The van der Waals surface area contributed by atoms with Crippen molar-refractivity contribution in [1.82, 2.24) is 0 Å². The SMILES string of the molecule is Cc1ccc(NC(=O)[C@@H]2[C@H]3C=C[C@@H]([C@@H]4C[C@H]34)[C@@H]2C(=O)O)c(C)c1. The number of fused-ring (bicyclic) bond motifs is 1. The molecule has 120 valence electrons. The van der Waals surface area contributed by atoms with E-state index in [0.717, 1.165) is 23.2 Å². The fourth-order valence-electron chi connectivity index (χ4n) is 4.74. The first kappa shape index (κ1) is 14.5. The highest BCUT2D eigenvalue weighted by molar-refractivity contribution is 5.96. The first-order valence-corrected chi connectivity index (χ1v) is 8.26. The maximum atomic E-state index is 12.9. The van der Waals surface area contributed by atoms with E-state index in [-0.39, 0.29) is 17.7 Å². The highest BCUT2D eigenvalue weighted by atomic mass is 16.4. The largest absolute Gasteiger partial charge is 0.481 e. The van der Waals surface area contributed by atoms with Gasteiger partial charge >= 0.3 is 5.97 Å². The number of carboxylic acids is 1. The smallest absolute Gasteiger partial charge is 0.307 e. The molecule has 4 aliphatic carbocycles. The second-order valence-electron chi connectivity index (χ2n) is 7.30. The molecular weight excluding hydrogens is 290 g/mol. The molecular formula is C19H21NO3. The average Bonchev–Trinajstić information content (AvgIpc) is 3.31. The monoisotopic (exact) mass is 311 g/mol. The Morgan fingerprint density at radius 3 is 2.35 bits per heavy atom. The third kappa shape index (κ3) is 2.19. The Labute approximate surface area is 135 Å². The van der Waals surface area contributed by atoms with E-state index in [2.05, 4.69) is 11.4 Å². The van der Waals surface area contributed by atoms with Gasteiger partial charge in [-0.3, -0.25) is 9.59 Å². The summed E-state index contributed by atoms with van der Waals surface area (Å²) in [6.45, 7) is 3.97. The normalized spacial score (nSPS) is 36.4. The van der Waals surface area contributed by atoms with Crippen molar-refractivity contribution >= 4 is 17.6 Å².